The second-order valence-electron chi connectivity index (χ2n) is 9.44. The van der Waals surface area contributed by atoms with Crippen molar-refractivity contribution in [3.63, 3.8) is 0 Å². The summed E-state index contributed by atoms with van der Waals surface area (Å²) in [5, 5.41) is 0. The van der Waals surface area contributed by atoms with Crippen LogP contribution in [0, 0.1) is 0 Å². The van der Waals surface area contributed by atoms with E-state index in [9.17, 15) is 4.79 Å². The van der Waals surface area contributed by atoms with Crippen LogP contribution in [0.15, 0.2) is 30.3 Å². The average molecular weight is 419 g/mol. The van der Waals surface area contributed by atoms with E-state index in [2.05, 4.69) is 44.2 Å². The summed E-state index contributed by atoms with van der Waals surface area (Å²) in [4.78, 5) is 12.3. The predicted octanol–water partition coefficient (Wildman–Crippen LogP) is 8.88. The SMILES string of the molecule is CCCCCCCCc1cc2c(c(C=O)c1CCCCCCCC)Cc1ccccc1-2. The van der Waals surface area contributed by atoms with Gasteiger partial charge < -0.3 is 0 Å². The summed E-state index contributed by atoms with van der Waals surface area (Å²) in [5.74, 6) is 0. The molecule has 3 rings (SSSR count). The summed E-state index contributed by atoms with van der Waals surface area (Å²) >= 11 is 0. The van der Waals surface area contributed by atoms with Crippen LogP contribution in [0.2, 0.25) is 0 Å². The van der Waals surface area contributed by atoms with Crippen LogP contribution in [0.3, 0.4) is 0 Å². The molecule has 1 aliphatic rings. The number of carbonyl (C=O) groups excluding carboxylic acids is 1. The maximum atomic E-state index is 12.3. The molecule has 0 saturated carbocycles. The zero-order chi connectivity index (χ0) is 21.9. The second-order valence-corrected chi connectivity index (χ2v) is 9.44. The normalized spacial score (nSPS) is 12.1. The molecule has 1 nitrogen and oxygen atoms in total. The van der Waals surface area contributed by atoms with E-state index in [0.29, 0.717) is 0 Å². The Hall–Kier alpha value is -1.89. The zero-order valence-electron chi connectivity index (χ0n) is 20.0. The molecule has 2 aromatic rings. The van der Waals surface area contributed by atoms with E-state index in [1.54, 1.807) is 0 Å². The van der Waals surface area contributed by atoms with Crippen LogP contribution in [-0.2, 0) is 19.3 Å². The standard InChI is InChI=1S/C30H42O/c1-3-5-7-9-11-13-17-25-21-28-26-20-16-15-18-24(26)22-29(28)30(23-31)27(25)19-14-12-10-8-6-4-2/h15-16,18,20-21,23H,3-14,17,19,22H2,1-2H3. The van der Waals surface area contributed by atoms with Crippen molar-refractivity contribution >= 4 is 6.29 Å². The van der Waals surface area contributed by atoms with Crippen molar-refractivity contribution in [2.45, 2.75) is 110 Å². The van der Waals surface area contributed by atoms with Gasteiger partial charge in [0.1, 0.15) is 0 Å². The third-order valence-electron chi connectivity index (χ3n) is 7.05. The third kappa shape index (κ3) is 6.31. The fourth-order valence-electron chi connectivity index (χ4n) is 5.25. The number of aldehydes is 1. The van der Waals surface area contributed by atoms with E-state index in [4.69, 9.17) is 0 Å². The van der Waals surface area contributed by atoms with Gasteiger partial charge in [0.15, 0.2) is 6.29 Å². The molecule has 0 fully saturated rings. The van der Waals surface area contributed by atoms with E-state index in [1.165, 1.54) is 117 Å². The van der Waals surface area contributed by atoms with Gasteiger partial charge in [-0.25, -0.2) is 0 Å². The van der Waals surface area contributed by atoms with E-state index in [-0.39, 0.29) is 0 Å². The topological polar surface area (TPSA) is 17.1 Å². The van der Waals surface area contributed by atoms with Gasteiger partial charge in [-0.05, 0) is 65.5 Å². The van der Waals surface area contributed by atoms with Crippen LogP contribution >= 0.6 is 0 Å². The van der Waals surface area contributed by atoms with Gasteiger partial charge in [0.25, 0.3) is 0 Å². The molecule has 1 aliphatic carbocycles. The highest BCUT2D eigenvalue weighted by atomic mass is 16.1. The number of rotatable bonds is 15. The Kier molecular flexibility index (Phi) is 9.85. The monoisotopic (exact) mass is 418 g/mol. The van der Waals surface area contributed by atoms with Crippen LogP contribution < -0.4 is 0 Å². The minimum Gasteiger partial charge on any atom is -0.298 e. The largest absolute Gasteiger partial charge is 0.298 e. The highest BCUT2D eigenvalue weighted by Crippen LogP contribution is 2.41. The van der Waals surface area contributed by atoms with E-state index in [1.807, 2.05) is 0 Å². The maximum Gasteiger partial charge on any atom is 0.150 e. The Labute approximate surface area is 190 Å². The quantitative estimate of drug-likeness (QED) is 0.178. The van der Waals surface area contributed by atoms with Crippen LogP contribution in [0.1, 0.15) is 124 Å². The number of hydrogen-bond donors (Lipinski definition) is 0. The summed E-state index contributed by atoms with van der Waals surface area (Å²) < 4.78 is 0. The van der Waals surface area contributed by atoms with Crippen molar-refractivity contribution in [1.82, 2.24) is 0 Å². The number of fused-ring (bicyclic) bond motifs is 3. The Balaban J connectivity index is 1.77. The van der Waals surface area contributed by atoms with Gasteiger partial charge in [0.05, 0.1) is 0 Å². The number of unbranched alkanes of at least 4 members (excludes halogenated alkanes) is 10. The fraction of sp³-hybridized carbons (Fsp3) is 0.567. The van der Waals surface area contributed by atoms with Crippen molar-refractivity contribution in [2.24, 2.45) is 0 Å². The van der Waals surface area contributed by atoms with Crippen molar-refractivity contribution in [1.29, 1.82) is 0 Å². The first-order valence-electron chi connectivity index (χ1n) is 13.0. The lowest BCUT2D eigenvalue weighted by Gasteiger charge is -2.17. The average Bonchev–Trinajstić information content (AvgIpc) is 3.16. The smallest absolute Gasteiger partial charge is 0.150 e. The first-order valence-corrected chi connectivity index (χ1v) is 13.0. The summed E-state index contributed by atoms with van der Waals surface area (Å²) in [5.41, 5.74) is 9.16. The Morgan fingerprint density at radius 1 is 0.742 bits per heavy atom. The fourth-order valence-corrected chi connectivity index (χ4v) is 5.25. The molecule has 0 radical (unpaired) electrons. The van der Waals surface area contributed by atoms with Gasteiger partial charge >= 0.3 is 0 Å². The van der Waals surface area contributed by atoms with Crippen molar-refractivity contribution < 1.29 is 4.79 Å². The van der Waals surface area contributed by atoms with Crippen molar-refractivity contribution in [2.75, 3.05) is 0 Å². The van der Waals surface area contributed by atoms with Gasteiger partial charge in [0.2, 0.25) is 0 Å². The Bertz CT molecular complexity index is 833. The predicted molar refractivity (Wildman–Crippen MR) is 134 cm³/mol. The molecule has 0 N–H and O–H groups in total. The summed E-state index contributed by atoms with van der Waals surface area (Å²) in [6.07, 6.45) is 20.0. The minimum absolute atomic E-state index is 0.917. The van der Waals surface area contributed by atoms with Gasteiger partial charge in [-0.3, -0.25) is 4.79 Å². The molecule has 2 aromatic carbocycles. The molecule has 1 heteroatoms. The van der Waals surface area contributed by atoms with Gasteiger partial charge in [0, 0.05) is 5.56 Å². The van der Waals surface area contributed by atoms with Crippen LogP contribution in [0.5, 0.6) is 0 Å². The molecule has 0 spiro atoms. The van der Waals surface area contributed by atoms with E-state index in [0.717, 1.165) is 24.8 Å². The van der Waals surface area contributed by atoms with Crippen LogP contribution in [-0.4, -0.2) is 6.29 Å². The lowest BCUT2D eigenvalue weighted by molar-refractivity contribution is 0.112. The maximum absolute atomic E-state index is 12.3. The van der Waals surface area contributed by atoms with Gasteiger partial charge in [-0.15, -0.1) is 0 Å². The van der Waals surface area contributed by atoms with E-state index >= 15 is 0 Å². The summed E-state index contributed by atoms with van der Waals surface area (Å²) in [7, 11) is 0. The zero-order valence-corrected chi connectivity index (χ0v) is 20.0. The molecule has 0 aromatic heterocycles. The van der Waals surface area contributed by atoms with Crippen LogP contribution in [0.4, 0.5) is 0 Å². The number of benzene rings is 2. The lowest BCUT2D eigenvalue weighted by Crippen LogP contribution is -2.05. The second kappa shape index (κ2) is 12.8. The highest BCUT2D eigenvalue weighted by Gasteiger charge is 2.24. The third-order valence-corrected chi connectivity index (χ3v) is 7.05. The highest BCUT2D eigenvalue weighted by molar-refractivity contribution is 5.89. The molecular formula is C30H42O. The number of aryl methyl sites for hydroxylation is 1. The lowest BCUT2D eigenvalue weighted by atomic mass is 9.87. The molecule has 0 unspecified atom stereocenters. The van der Waals surface area contributed by atoms with Crippen LogP contribution in [0.25, 0.3) is 11.1 Å². The molecule has 0 bridgehead atoms. The molecule has 0 heterocycles. The molecule has 168 valence electrons. The molecule has 0 aliphatic heterocycles. The van der Waals surface area contributed by atoms with Crippen molar-refractivity contribution in [3.05, 3.63) is 58.1 Å². The molecule has 0 saturated heterocycles. The van der Waals surface area contributed by atoms with Gasteiger partial charge in [-0.1, -0.05) is 108 Å². The van der Waals surface area contributed by atoms with Gasteiger partial charge in [-0.2, -0.15) is 0 Å². The molecular weight excluding hydrogens is 376 g/mol. The van der Waals surface area contributed by atoms with E-state index < -0.39 is 0 Å². The Morgan fingerprint density at radius 2 is 1.35 bits per heavy atom. The molecule has 31 heavy (non-hydrogen) atoms. The Morgan fingerprint density at radius 3 is 2.03 bits per heavy atom. The molecule has 0 atom stereocenters. The van der Waals surface area contributed by atoms with Crippen molar-refractivity contribution in [3.8, 4) is 11.1 Å². The molecule has 0 amide bonds. The first-order chi connectivity index (χ1) is 15.3. The summed E-state index contributed by atoms with van der Waals surface area (Å²) in [6.45, 7) is 4.55. The summed E-state index contributed by atoms with van der Waals surface area (Å²) in [6, 6.07) is 11.2. The minimum atomic E-state index is 0.917. The number of carbonyl (C=O) groups is 1. The first kappa shape index (κ1) is 23.8. The number of hydrogen-bond acceptors (Lipinski definition) is 1.